The van der Waals surface area contributed by atoms with Gasteiger partial charge in [0.2, 0.25) is 0 Å². The molecule has 0 aromatic heterocycles. The summed E-state index contributed by atoms with van der Waals surface area (Å²) < 4.78 is 0. The summed E-state index contributed by atoms with van der Waals surface area (Å²) in [4.78, 5) is 0. The molecule has 1 unspecified atom stereocenters. The van der Waals surface area contributed by atoms with Crippen LogP contribution in [-0.2, 0) is 6.42 Å². The van der Waals surface area contributed by atoms with Gasteiger partial charge in [0.1, 0.15) is 0 Å². The highest BCUT2D eigenvalue weighted by Gasteiger charge is 2.25. The molecule has 3 heteroatoms. The summed E-state index contributed by atoms with van der Waals surface area (Å²) in [5.41, 5.74) is 1.43. The zero-order chi connectivity index (χ0) is 13.8. The van der Waals surface area contributed by atoms with E-state index in [0.29, 0.717) is 10.9 Å². The first-order valence-electron chi connectivity index (χ1n) is 6.49. The Kier molecular flexibility index (Phi) is 5.97. The number of halogens is 2. The molecule has 0 spiro atoms. The first kappa shape index (κ1) is 15.8. The summed E-state index contributed by atoms with van der Waals surface area (Å²) in [6, 6.07) is 5.77. The van der Waals surface area contributed by atoms with Crippen LogP contribution in [0.25, 0.3) is 0 Å². The van der Waals surface area contributed by atoms with Crippen LogP contribution in [0.15, 0.2) is 18.2 Å². The van der Waals surface area contributed by atoms with E-state index in [1.165, 1.54) is 5.56 Å². The highest BCUT2D eigenvalue weighted by molar-refractivity contribution is 6.35. The molecule has 0 saturated heterocycles. The van der Waals surface area contributed by atoms with Crippen LogP contribution in [-0.4, -0.2) is 13.1 Å². The molecule has 1 aromatic rings. The molecule has 0 aliphatic carbocycles. The van der Waals surface area contributed by atoms with Crippen molar-refractivity contribution in [3.05, 3.63) is 33.8 Å². The third kappa shape index (κ3) is 4.79. The predicted octanol–water partition coefficient (Wildman–Crippen LogP) is 4.81. The first-order valence-corrected chi connectivity index (χ1v) is 7.24. The topological polar surface area (TPSA) is 12.0 Å². The molecule has 0 amide bonds. The van der Waals surface area contributed by atoms with E-state index in [1.807, 2.05) is 18.2 Å². The van der Waals surface area contributed by atoms with Crippen molar-refractivity contribution in [2.75, 3.05) is 13.1 Å². The fourth-order valence-electron chi connectivity index (χ4n) is 1.96. The fraction of sp³-hybridized carbons (Fsp3) is 0.600. The van der Waals surface area contributed by atoms with E-state index in [4.69, 9.17) is 23.2 Å². The van der Waals surface area contributed by atoms with Crippen LogP contribution in [0.3, 0.4) is 0 Å². The maximum absolute atomic E-state index is 6.25. The highest BCUT2D eigenvalue weighted by atomic mass is 35.5. The predicted molar refractivity (Wildman–Crippen MR) is 81.7 cm³/mol. The molecule has 0 radical (unpaired) electrons. The van der Waals surface area contributed by atoms with E-state index in [9.17, 15) is 0 Å². The van der Waals surface area contributed by atoms with Gasteiger partial charge in [0.25, 0.3) is 0 Å². The maximum Gasteiger partial charge on any atom is 0.0452 e. The van der Waals surface area contributed by atoms with Gasteiger partial charge in [0.15, 0.2) is 0 Å². The van der Waals surface area contributed by atoms with Gasteiger partial charge in [-0.2, -0.15) is 0 Å². The minimum atomic E-state index is 0.255. The van der Waals surface area contributed by atoms with Crippen LogP contribution < -0.4 is 5.32 Å². The Labute approximate surface area is 121 Å². The molecule has 1 atom stereocenters. The van der Waals surface area contributed by atoms with E-state index < -0.39 is 0 Å². The summed E-state index contributed by atoms with van der Waals surface area (Å²) in [7, 11) is 0. The molecule has 0 bridgehead atoms. The number of rotatable bonds is 5. The van der Waals surface area contributed by atoms with Gasteiger partial charge in [0.05, 0.1) is 0 Å². The molecule has 0 fully saturated rings. The standard InChI is InChI=1S/C15H23Cl2N/c1-5-18-10-12(15(2,3)4)8-11-6-7-13(16)9-14(11)17/h6-7,9,12,18H,5,8,10H2,1-4H3. The lowest BCUT2D eigenvalue weighted by molar-refractivity contribution is 0.232. The Morgan fingerprint density at radius 1 is 1.22 bits per heavy atom. The molecule has 18 heavy (non-hydrogen) atoms. The normalized spacial score (nSPS) is 13.7. The third-order valence-electron chi connectivity index (χ3n) is 3.35. The van der Waals surface area contributed by atoms with E-state index in [2.05, 4.69) is 33.0 Å². The summed E-state index contributed by atoms with van der Waals surface area (Å²) in [5.74, 6) is 0.552. The van der Waals surface area contributed by atoms with Crippen molar-refractivity contribution in [3.8, 4) is 0 Å². The molecule has 0 heterocycles. The molecule has 1 nitrogen and oxygen atoms in total. The smallest absolute Gasteiger partial charge is 0.0452 e. The van der Waals surface area contributed by atoms with Crippen LogP contribution in [0.4, 0.5) is 0 Å². The van der Waals surface area contributed by atoms with Crippen molar-refractivity contribution in [3.63, 3.8) is 0 Å². The van der Waals surface area contributed by atoms with Gasteiger partial charge in [-0.25, -0.2) is 0 Å². The minimum absolute atomic E-state index is 0.255. The fourth-order valence-corrected chi connectivity index (χ4v) is 2.44. The Balaban J connectivity index is 2.82. The van der Waals surface area contributed by atoms with Crippen LogP contribution in [0, 0.1) is 11.3 Å². The van der Waals surface area contributed by atoms with E-state index in [-0.39, 0.29) is 5.41 Å². The van der Waals surface area contributed by atoms with Crippen LogP contribution in [0.5, 0.6) is 0 Å². The minimum Gasteiger partial charge on any atom is -0.317 e. The second-order valence-corrected chi connectivity index (χ2v) is 6.65. The van der Waals surface area contributed by atoms with Gasteiger partial charge in [-0.05, 0) is 48.5 Å². The highest BCUT2D eigenvalue weighted by Crippen LogP contribution is 2.31. The zero-order valence-electron chi connectivity index (χ0n) is 11.7. The number of nitrogens with one attached hydrogen (secondary N) is 1. The Morgan fingerprint density at radius 2 is 1.89 bits per heavy atom. The van der Waals surface area contributed by atoms with Crippen molar-refractivity contribution in [1.82, 2.24) is 5.32 Å². The Hall–Kier alpha value is -0.240. The van der Waals surface area contributed by atoms with Crippen molar-refractivity contribution in [2.45, 2.75) is 34.1 Å². The Morgan fingerprint density at radius 3 is 2.39 bits per heavy atom. The first-order chi connectivity index (χ1) is 8.34. The molecule has 1 N–H and O–H groups in total. The van der Waals surface area contributed by atoms with E-state index >= 15 is 0 Å². The lowest BCUT2D eigenvalue weighted by atomic mass is 9.77. The lowest BCUT2D eigenvalue weighted by Crippen LogP contribution is -2.33. The molecular formula is C15H23Cl2N. The molecule has 0 aliphatic rings. The van der Waals surface area contributed by atoms with Crippen molar-refractivity contribution >= 4 is 23.2 Å². The largest absolute Gasteiger partial charge is 0.317 e. The van der Waals surface area contributed by atoms with Crippen molar-refractivity contribution < 1.29 is 0 Å². The van der Waals surface area contributed by atoms with Gasteiger partial charge in [-0.1, -0.05) is 57.0 Å². The van der Waals surface area contributed by atoms with Crippen LogP contribution >= 0.6 is 23.2 Å². The number of benzene rings is 1. The molecule has 102 valence electrons. The molecule has 1 aromatic carbocycles. The maximum atomic E-state index is 6.25. The summed E-state index contributed by atoms with van der Waals surface area (Å²) in [6.07, 6.45) is 0.979. The Bertz CT molecular complexity index is 383. The van der Waals surface area contributed by atoms with Gasteiger partial charge in [-0.3, -0.25) is 0 Å². The quantitative estimate of drug-likeness (QED) is 0.820. The second kappa shape index (κ2) is 6.79. The molecule has 0 aliphatic heterocycles. The van der Waals surface area contributed by atoms with Crippen molar-refractivity contribution in [2.24, 2.45) is 11.3 Å². The van der Waals surface area contributed by atoms with Gasteiger partial charge in [0, 0.05) is 10.0 Å². The van der Waals surface area contributed by atoms with E-state index in [1.54, 1.807) is 0 Å². The number of hydrogen-bond donors (Lipinski definition) is 1. The molecule has 0 saturated carbocycles. The van der Waals surface area contributed by atoms with Gasteiger partial charge >= 0.3 is 0 Å². The third-order valence-corrected chi connectivity index (χ3v) is 3.93. The van der Waals surface area contributed by atoms with Gasteiger partial charge < -0.3 is 5.32 Å². The molecule has 1 rings (SSSR count). The monoisotopic (exact) mass is 287 g/mol. The summed E-state index contributed by atoms with van der Waals surface area (Å²) in [5, 5.41) is 4.91. The van der Waals surface area contributed by atoms with Crippen LogP contribution in [0.1, 0.15) is 33.3 Å². The summed E-state index contributed by atoms with van der Waals surface area (Å²) >= 11 is 12.2. The number of hydrogen-bond acceptors (Lipinski definition) is 1. The second-order valence-electron chi connectivity index (χ2n) is 5.81. The summed E-state index contributed by atoms with van der Waals surface area (Å²) in [6.45, 7) is 11.0. The average molecular weight is 288 g/mol. The lowest BCUT2D eigenvalue weighted by Gasteiger charge is -2.31. The average Bonchev–Trinajstić information content (AvgIpc) is 2.25. The zero-order valence-corrected chi connectivity index (χ0v) is 13.2. The molecular weight excluding hydrogens is 265 g/mol. The van der Waals surface area contributed by atoms with Gasteiger partial charge in [-0.15, -0.1) is 0 Å². The van der Waals surface area contributed by atoms with E-state index in [0.717, 1.165) is 24.5 Å². The van der Waals surface area contributed by atoms with Crippen LogP contribution in [0.2, 0.25) is 10.0 Å². The SMILES string of the molecule is CCNCC(Cc1ccc(Cl)cc1Cl)C(C)(C)C. The van der Waals surface area contributed by atoms with Crippen molar-refractivity contribution in [1.29, 1.82) is 0 Å².